The van der Waals surface area contributed by atoms with E-state index in [1.807, 2.05) is 48.5 Å². The average Bonchev–Trinajstić information content (AvgIpc) is 2.56. The van der Waals surface area contributed by atoms with E-state index in [4.69, 9.17) is 9.47 Å². The van der Waals surface area contributed by atoms with Gasteiger partial charge in [0.1, 0.15) is 5.75 Å². The highest BCUT2D eigenvalue weighted by molar-refractivity contribution is 5.67. The molecule has 1 fully saturated rings. The zero-order chi connectivity index (χ0) is 14.5. The van der Waals surface area contributed by atoms with Gasteiger partial charge in [-0.1, -0.05) is 36.4 Å². The second-order valence-electron chi connectivity index (χ2n) is 5.25. The molecule has 1 unspecified atom stereocenters. The monoisotopic (exact) mass is 284 g/mol. The first kappa shape index (κ1) is 14.1. The van der Waals surface area contributed by atoms with E-state index < -0.39 is 0 Å². The first-order valence-corrected chi connectivity index (χ1v) is 7.44. The summed E-state index contributed by atoms with van der Waals surface area (Å²) in [7, 11) is 0. The molecule has 0 aliphatic carbocycles. The third kappa shape index (κ3) is 3.43. The van der Waals surface area contributed by atoms with Crippen LogP contribution in [-0.4, -0.2) is 18.0 Å². The molecule has 21 heavy (non-hydrogen) atoms. The molecule has 0 aromatic heterocycles. The van der Waals surface area contributed by atoms with Gasteiger partial charge >= 0.3 is 0 Å². The van der Waals surface area contributed by atoms with Gasteiger partial charge in [0.2, 0.25) is 0 Å². The molecule has 0 spiro atoms. The van der Waals surface area contributed by atoms with Crippen LogP contribution in [-0.2, 0) is 11.3 Å². The second-order valence-corrected chi connectivity index (χ2v) is 5.25. The van der Waals surface area contributed by atoms with Gasteiger partial charge in [-0.05, 0) is 41.7 Å². The smallest absolute Gasteiger partial charge is 0.199 e. The highest BCUT2D eigenvalue weighted by Crippen LogP contribution is 2.27. The third-order valence-electron chi connectivity index (χ3n) is 3.76. The molecule has 0 saturated carbocycles. The van der Waals surface area contributed by atoms with E-state index in [9.17, 15) is 5.11 Å². The predicted molar refractivity (Wildman–Crippen MR) is 82.0 cm³/mol. The fourth-order valence-electron chi connectivity index (χ4n) is 2.61. The SMILES string of the molecule is OCc1ccccc1-c1ccc(OC2CCCCO2)cc1. The van der Waals surface area contributed by atoms with Gasteiger partial charge in [0.05, 0.1) is 13.2 Å². The Morgan fingerprint density at radius 1 is 1.05 bits per heavy atom. The number of rotatable bonds is 4. The normalized spacial score (nSPS) is 18.4. The summed E-state index contributed by atoms with van der Waals surface area (Å²) >= 11 is 0. The van der Waals surface area contributed by atoms with Crippen LogP contribution in [0.1, 0.15) is 24.8 Å². The van der Waals surface area contributed by atoms with E-state index in [0.29, 0.717) is 0 Å². The molecule has 1 aliphatic rings. The van der Waals surface area contributed by atoms with E-state index in [0.717, 1.165) is 48.3 Å². The summed E-state index contributed by atoms with van der Waals surface area (Å²) < 4.78 is 11.4. The van der Waals surface area contributed by atoms with Crippen molar-refractivity contribution in [3.8, 4) is 16.9 Å². The Labute approximate surface area is 125 Å². The van der Waals surface area contributed by atoms with Crippen molar-refractivity contribution in [2.75, 3.05) is 6.61 Å². The summed E-state index contributed by atoms with van der Waals surface area (Å²) in [5, 5.41) is 9.41. The molecule has 0 amide bonds. The lowest BCUT2D eigenvalue weighted by molar-refractivity contribution is -0.105. The molecule has 1 saturated heterocycles. The number of aliphatic hydroxyl groups is 1. The zero-order valence-electron chi connectivity index (χ0n) is 12.0. The lowest BCUT2D eigenvalue weighted by Crippen LogP contribution is -2.24. The van der Waals surface area contributed by atoms with E-state index in [2.05, 4.69) is 0 Å². The standard InChI is InChI=1S/C18H20O3/c19-13-15-5-1-2-6-17(15)14-8-10-16(11-9-14)21-18-7-3-4-12-20-18/h1-2,5-6,8-11,18-19H,3-4,7,12-13H2. The number of benzene rings is 2. The molecule has 3 rings (SSSR count). The molecular formula is C18H20O3. The molecule has 110 valence electrons. The Bertz CT molecular complexity index is 571. The van der Waals surface area contributed by atoms with E-state index in [1.54, 1.807) is 0 Å². The van der Waals surface area contributed by atoms with E-state index in [1.165, 1.54) is 0 Å². The van der Waals surface area contributed by atoms with Gasteiger partial charge in [-0.3, -0.25) is 0 Å². The Balaban J connectivity index is 1.74. The van der Waals surface area contributed by atoms with Crippen LogP contribution in [0.3, 0.4) is 0 Å². The summed E-state index contributed by atoms with van der Waals surface area (Å²) in [5.41, 5.74) is 3.07. The first-order chi connectivity index (χ1) is 10.4. The molecule has 1 N–H and O–H groups in total. The number of hydrogen-bond acceptors (Lipinski definition) is 3. The minimum absolute atomic E-state index is 0.0460. The average molecular weight is 284 g/mol. The van der Waals surface area contributed by atoms with Crippen LogP contribution in [0.5, 0.6) is 5.75 Å². The number of aliphatic hydroxyl groups excluding tert-OH is 1. The summed E-state index contributed by atoms with van der Waals surface area (Å²) in [6.07, 6.45) is 3.12. The molecule has 0 radical (unpaired) electrons. The van der Waals surface area contributed by atoms with Crippen LogP contribution in [0.4, 0.5) is 0 Å². The van der Waals surface area contributed by atoms with Gasteiger partial charge in [-0.25, -0.2) is 0 Å². The van der Waals surface area contributed by atoms with Crippen LogP contribution in [0.15, 0.2) is 48.5 Å². The molecule has 3 heteroatoms. The highest BCUT2D eigenvalue weighted by Gasteiger charge is 2.15. The van der Waals surface area contributed by atoms with Gasteiger partial charge in [0.25, 0.3) is 0 Å². The molecule has 1 heterocycles. The Kier molecular flexibility index (Phi) is 4.53. The Morgan fingerprint density at radius 2 is 1.86 bits per heavy atom. The topological polar surface area (TPSA) is 38.7 Å². The van der Waals surface area contributed by atoms with E-state index >= 15 is 0 Å². The van der Waals surface area contributed by atoms with Crippen molar-refractivity contribution in [3.05, 3.63) is 54.1 Å². The maximum atomic E-state index is 9.41. The molecule has 1 aliphatic heterocycles. The third-order valence-corrected chi connectivity index (χ3v) is 3.76. The fourth-order valence-corrected chi connectivity index (χ4v) is 2.61. The van der Waals surface area contributed by atoms with Crippen molar-refractivity contribution < 1.29 is 14.6 Å². The van der Waals surface area contributed by atoms with Crippen LogP contribution in [0.25, 0.3) is 11.1 Å². The lowest BCUT2D eigenvalue weighted by Gasteiger charge is -2.23. The zero-order valence-corrected chi connectivity index (χ0v) is 12.0. The van der Waals surface area contributed by atoms with Crippen molar-refractivity contribution >= 4 is 0 Å². The molecule has 2 aromatic carbocycles. The van der Waals surface area contributed by atoms with Gasteiger partial charge < -0.3 is 14.6 Å². The summed E-state index contributed by atoms with van der Waals surface area (Å²) in [4.78, 5) is 0. The number of ether oxygens (including phenoxy) is 2. The summed E-state index contributed by atoms with van der Waals surface area (Å²) in [5.74, 6) is 0.826. The second kappa shape index (κ2) is 6.74. The van der Waals surface area contributed by atoms with Crippen molar-refractivity contribution in [2.24, 2.45) is 0 Å². The predicted octanol–water partition coefficient (Wildman–Crippen LogP) is 3.75. The minimum atomic E-state index is -0.116. The molecule has 3 nitrogen and oxygen atoms in total. The van der Waals surface area contributed by atoms with Crippen LogP contribution in [0.2, 0.25) is 0 Å². The van der Waals surface area contributed by atoms with Gasteiger partial charge in [0.15, 0.2) is 6.29 Å². The Hall–Kier alpha value is -1.84. The maximum Gasteiger partial charge on any atom is 0.199 e. The van der Waals surface area contributed by atoms with Crippen molar-refractivity contribution in [2.45, 2.75) is 32.2 Å². The fraction of sp³-hybridized carbons (Fsp3) is 0.333. The van der Waals surface area contributed by atoms with Gasteiger partial charge in [-0.15, -0.1) is 0 Å². The van der Waals surface area contributed by atoms with Crippen LogP contribution in [0, 0.1) is 0 Å². The molecule has 2 aromatic rings. The summed E-state index contributed by atoms with van der Waals surface area (Å²) in [6.45, 7) is 0.830. The van der Waals surface area contributed by atoms with Gasteiger partial charge in [0, 0.05) is 6.42 Å². The van der Waals surface area contributed by atoms with Crippen molar-refractivity contribution in [1.29, 1.82) is 0 Å². The number of hydrogen-bond donors (Lipinski definition) is 1. The lowest BCUT2D eigenvalue weighted by atomic mass is 10.0. The van der Waals surface area contributed by atoms with Gasteiger partial charge in [-0.2, -0.15) is 0 Å². The molecule has 0 bridgehead atoms. The Morgan fingerprint density at radius 3 is 2.57 bits per heavy atom. The molecular weight excluding hydrogens is 264 g/mol. The minimum Gasteiger partial charge on any atom is -0.465 e. The maximum absolute atomic E-state index is 9.41. The van der Waals surface area contributed by atoms with Crippen molar-refractivity contribution in [1.82, 2.24) is 0 Å². The van der Waals surface area contributed by atoms with Crippen molar-refractivity contribution in [3.63, 3.8) is 0 Å². The first-order valence-electron chi connectivity index (χ1n) is 7.44. The summed E-state index contributed by atoms with van der Waals surface area (Å²) in [6, 6.07) is 15.8. The highest BCUT2D eigenvalue weighted by atomic mass is 16.7. The quantitative estimate of drug-likeness (QED) is 0.929. The largest absolute Gasteiger partial charge is 0.465 e. The van der Waals surface area contributed by atoms with Crippen LogP contribution < -0.4 is 4.74 Å². The van der Waals surface area contributed by atoms with E-state index in [-0.39, 0.29) is 12.9 Å². The van der Waals surface area contributed by atoms with Crippen LogP contribution >= 0.6 is 0 Å². The molecule has 1 atom stereocenters.